The number of nitro groups is 2. The number of non-ortho nitro benzene ring substituents is 1. The van der Waals surface area contributed by atoms with Crippen molar-refractivity contribution in [1.29, 1.82) is 0 Å². The second-order valence-corrected chi connectivity index (χ2v) is 11.4. The van der Waals surface area contributed by atoms with Crippen LogP contribution in [0.25, 0.3) is 0 Å². The van der Waals surface area contributed by atoms with Gasteiger partial charge in [0.15, 0.2) is 5.75 Å². The Labute approximate surface area is 199 Å². The molecule has 3 aliphatic carbocycles. The van der Waals surface area contributed by atoms with Gasteiger partial charge in [-0.05, 0) is 74.2 Å². The van der Waals surface area contributed by atoms with E-state index in [2.05, 4.69) is 13.8 Å². The molecular weight excluding hydrogens is 438 g/mol. The van der Waals surface area contributed by atoms with Crippen LogP contribution in [0.1, 0.15) is 65.2 Å². The highest BCUT2D eigenvalue weighted by Gasteiger charge is 2.61. The highest BCUT2D eigenvalue weighted by Crippen LogP contribution is 2.65. The van der Waals surface area contributed by atoms with Crippen LogP contribution in [0.3, 0.4) is 0 Å². The van der Waals surface area contributed by atoms with Gasteiger partial charge >= 0.3 is 5.69 Å². The van der Waals surface area contributed by atoms with Crippen molar-refractivity contribution in [2.24, 2.45) is 28.6 Å². The van der Waals surface area contributed by atoms with Crippen molar-refractivity contribution >= 4 is 17.3 Å². The summed E-state index contributed by atoms with van der Waals surface area (Å²) in [6.45, 7) is 4.66. The highest BCUT2D eigenvalue weighted by molar-refractivity contribution is 5.77. The summed E-state index contributed by atoms with van der Waals surface area (Å²) in [5, 5.41) is 22.7. The third-order valence-electron chi connectivity index (χ3n) is 10.1. The van der Waals surface area contributed by atoms with E-state index in [1.807, 2.05) is 11.9 Å². The second-order valence-electron chi connectivity index (χ2n) is 11.4. The number of fused-ring (bicyclic) bond motifs is 5. The monoisotopic (exact) mass is 471 g/mol. The molecule has 184 valence electrons. The van der Waals surface area contributed by atoms with Gasteiger partial charge < -0.3 is 9.64 Å². The lowest BCUT2D eigenvalue weighted by atomic mass is 9.47. The van der Waals surface area contributed by atoms with Crippen molar-refractivity contribution in [3.63, 3.8) is 0 Å². The molecule has 0 radical (unpaired) electrons. The molecule has 1 aromatic carbocycles. The zero-order valence-corrected chi connectivity index (χ0v) is 20.1. The van der Waals surface area contributed by atoms with Gasteiger partial charge in [-0.25, -0.2) is 0 Å². The van der Waals surface area contributed by atoms with Gasteiger partial charge in [-0.3, -0.25) is 25.0 Å². The van der Waals surface area contributed by atoms with Crippen molar-refractivity contribution in [3.8, 4) is 5.75 Å². The number of benzene rings is 1. The summed E-state index contributed by atoms with van der Waals surface area (Å²) in [6, 6.07) is 3.95. The molecule has 7 atom stereocenters. The van der Waals surface area contributed by atoms with Crippen LogP contribution in [0, 0.1) is 48.8 Å². The molecule has 1 heterocycles. The molecule has 9 nitrogen and oxygen atoms in total. The minimum atomic E-state index is -0.627. The van der Waals surface area contributed by atoms with Crippen molar-refractivity contribution in [2.75, 3.05) is 7.05 Å². The number of nitrogens with zero attached hydrogens (tertiary/aromatic N) is 3. The van der Waals surface area contributed by atoms with E-state index in [1.54, 1.807) is 0 Å². The van der Waals surface area contributed by atoms with Crippen molar-refractivity contribution in [1.82, 2.24) is 4.90 Å². The lowest BCUT2D eigenvalue weighted by Gasteiger charge is -2.61. The first kappa shape index (κ1) is 23.1. The lowest BCUT2D eigenvalue weighted by Crippen LogP contribution is -2.61. The topological polar surface area (TPSA) is 116 Å². The number of piperidine rings is 1. The number of amides is 1. The minimum Gasteiger partial charge on any atom is -0.483 e. The standard InChI is InChI=1S/C25H33N3O6/c1-24-13-11-23(29)26(3)21(24)8-5-16-17-6-9-22(25(17,2)12-10-18(16)24)34-20-7-4-15(27(30)31)14-19(20)28(32)33/h4,7,14,16-18,21-22H,5-6,8-13H2,1-3H3/t16-,17-,18+,21?,22?,24+,25-/m0/s1. The molecule has 4 aliphatic rings. The predicted octanol–water partition coefficient (Wildman–Crippen LogP) is 5.11. The zero-order valence-electron chi connectivity index (χ0n) is 20.1. The fourth-order valence-electron chi connectivity index (χ4n) is 8.31. The highest BCUT2D eigenvalue weighted by atomic mass is 16.6. The van der Waals surface area contributed by atoms with Crippen molar-refractivity contribution in [3.05, 3.63) is 38.4 Å². The molecule has 0 N–H and O–H groups in total. The number of hydrogen-bond donors (Lipinski definition) is 0. The number of likely N-dealkylation sites (tertiary alicyclic amines) is 1. The van der Waals surface area contributed by atoms with Crippen LogP contribution in [0.5, 0.6) is 5.75 Å². The Morgan fingerprint density at radius 2 is 1.71 bits per heavy atom. The third kappa shape index (κ3) is 3.30. The van der Waals surface area contributed by atoms with Gasteiger partial charge in [0.2, 0.25) is 5.91 Å². The van der Waals surface area contributed by atoms with Crippen molar-refractivity contribution in [2.45, 2.75) is 77.4 Å². The number of carbonyl (C=O) groups excluding carboxylic acids is 1. The average Bonchev–Trinajstić information content (AvgIpc) is 3.13. The van der Waals surface area contributed by atoms with Crippen molar-refractivity contribution < 1.29 is 19.4 Å². The molecule has 1 amide bonds. The fraction of sp³-hybridized carbons (Fsp3) is 0.720. The van der Waals surface area contributed by atoms with E-state index in [0.717, 1.165) is 51.0 Å². The largest absolute Gasteiger partial charge is 0.483 e. The van der Waals surface area contributed by atoms with E-state index in [1.165, 1.54) is 12.1 Å². The van der Waals surface area contributed by atoms with Gasteiger partial charge in [0.05, 0.1) is 15.9 Å². The molecular formula is C25H33N3O6. The summed E-state index contributed by atoms with van der Waals surface area (Å²) in [5.74, 6) is 2.01. The average molecular weight is 472 g/mol. The Morgan fingerprint density at radius 3 is 2.41 bits per heavy atom. The first-order valence-electron chi connectivity index (χ1n) is 12.4. The molecule has 5 rings (SSSR count). The summed E-state index contributed by atoms with van der Waals surface area (Å²) in [6.07, 6.45) is 7.50. The van der Waals surface area contributed by atoms with Crippen LogP contribution < -0.4 is 4.74 Å². The molecule has 2 unspecified atom stereocenters. The Balaban J connectivity index is 1.39. The second kappa shape index (κ2) is 7.92. The summed E-state index contributed by atoms with van der Waals surface area (Å²) in [4.78, 5) is 35.8. The first-order valence-corrected chi connectivity index (χ1v) is 12.4. The number of hydrogen-bond acceptors (Lipinski definition) is 6. The van der Waals surface area contributed by atoms with Gasteiger partial charge in [-0.15, -0.1) is 0 Å². The summed E-state index contributed by atoms with van der Waals surface area (Å²) in [7, 11) is 1.97. The van der Waals surface area contributed by atoms with Crippen LogP contribution in [-0.2, 0) is 4.79 Å². The lowest BCUT2D eigenvalue weighted by molar-refractivity contribution is -0.394. The Hall–Kier alpha value is -2.71. The van der Waals surface area contributed by atoms with Crippen LogP contribution in [0.4, 0.5) is 11.4 Å². The number of carbonyl (C=O) groups is 1. The Bertz CT molecular complexity index is 1050. The Kier molecular flexibility index (Phi) is 5.37. The number of nitro benzene ring substituents is 2. The fourth-order valence-corrected chi connectivity index (χ4v) is 8.31. The van der Waals surface area contributed by atoms with Crippen LogP contribution >= 0.6 is 0 Å². The molecule has 0 bridgehead atoms. The van der Waals surface area contributed by atoms with Gasteiger partial charge in [-0.2, -0.15) is 0 Å². The smallest absolute Gasteiger partial charge is 0.317 e. The Morgan fingerprint density at radius 1 is 0.971 bits per heavy atom. The molecule has 0 spiro atoms. The molecule has 1 saturated heterocycles. The maximum absolute atomic E-state index is 12.4. The van der Waals surface area contributed by atoms with E-state index < -0.39 is 9.85 Å². The molecule has 1 aliphatic heterocycles. The summed E-state index contributed by atoms with van der Waals surface area (Å²) >= 11 is 0. The van der Waals surface area contributed by atoms with E-state index in [9.17, 15) is 25.0 Å². The number of ether oxygens (including phenoxy) is 1. The van der Waals surface area contributed by atoms with Crippen LogP contribution in [0.15, 0.2) is 18.2 Å². The zero-order chi connectivity index (χ0) is 24.4. The molecule has 9 heteroatoms. The molecule has 1 aromatic rings. The van der Waals surface area contributed by atoms with Crippen LogP contribution in [-0.4, -0.2) is 39.8 Å². The number of rotatable bonds is 4. The van der Waals surface area contributed by atoms with E-state index in [4.69, 9.17) is 4.74 Å². The SMILES string of the molecule is CN1C(=O)CC[C@@]2(C)C1CC[C@@H]1[C@H]2CC[C@]2(C)C(Oc3ccc([N+](=O)[O-])cc3[N+](=O)[O-])CC[C@@H]12. The predicted molar refractivity (Wildman–Crippen MR) is 124 cm³/mol. The molecule has 34 heavy (non-hydrogen) atoms. The van der Waals surface area contributed by atoms with Gasteiger partial charge in [0, 0.05) is 31.0 Å². The van der Waals surface area contributed by atoms with E-state index in [-0.39, 0.29) is 40.0 Å². The molecule has 0 aromatic heterocycles. The quantitative estimate of drug-likeness (QED) is 0.445. The third-order valence-corrected chi connectivity index (χ3v) is 10.1. The van der Waals surface area contributed by atoms with Gasteiger partial charge in [0.1, 0.15) is 6.10 Å². The van der Waals surface area contributed by atoms with E-state index >= 15 is 0 Å². The summed E-state index contributed by atoms with van der Waals surface area (Å²) in [5.41, 5.74) is -0.603. The molecule has 3 saturated carbocycles. The summed E-state index contributed by atoms with van der Waals surface area (Å²) < 4.78 is 6.30. The minimum absolute atomic E-state index is 0.0869. The first-order chi connectivity index (χ1) is 16.1. The maximum atomic E-state index is 12.4. The van der Waals surface area contributed by atoms with E-state index in [0.29, 0.717) is 30.2 Å². The molecule has 4 fully saturated rings. The van der Waals surface area contributed by atoms with Gasteiger partial charge in [-0.1, -0.05) is 13.8 Å². The van der Waals surface area contributed by atoms with Gasteiger partial charge in [0.25, 0.3) is 5.69 Å². The van der Waals surface area contributed by atoms with Crippen LogP contribution in [0.2, 0.25) is 0 Å². The normalized spacial score (nSPS) is 39.1. The maximum Gasteiger partial charge on any atom is 0.317 e.